The predicted molar refractivity (Wildman–Crippen MR) is 83.9 cm³/mol. The van der Waals surface area contributed by atoms with Gasteiger partial charge in [-0.3, -0.25) is 4.72 Å². The zero-order chi connectivity index (χ0) is 14.9. The molecule has 0 radical (unpaired) electrons. The molecular weight excluding hydrogens is 387 g/mol. The van der Waals surface area contributed by atoms with Gasteiger partial charge < -0.3 is 0 Å². The van der Waals surface area contributed by atoms with Crippen LogP contribution in [0.25, 0.3) is 0 Å². The molecule has 4 nitrogen and oxygen atoms in total. The molecule has 0 atom stereocenters. The van der Waals surface area contributed by atoms with Crippen LogP contribution in [0.5, 0.6) is 0 Å². The summed E-state index contributed by atoms with van der Waals surface area (Å²) in [5, 5.41) is 0.472. The lowest BCUT2D eigenvalue weighted by Gasteiger charge is -2.10. The molecule has 106 valence electrons. The summed E-state index contributed by atoms with van der Waals surface area (Å²) < 4.78 is 27.4. The SMILES string of the molecule is Cc1cnc(Br)c(NS(=O)(=O)c2ccc(Cl)c(Cl)c2)c1. The van der Waals surface area contributed by atoms with E-state index in [0.717, 1.165) is 5.56 Å². The third-order valence-electron chi connectivity index (χ3n) is 2.42. The number of anilines is 1. The molecule has 0 aliphatic heterocycles. The van der Waals surface area contributed by atoms with Gasteiger partial charge in [0, 0.05) is 6.20 Å². The van der Waals surface area contributed by atoms with Gasteiger partial charge in [-0.15, -0.1) is 0 Å². The van der Waals surface area contributed by atoms with Gasteiger partial charge in [-0.05, 0) is 52.7 Å². The van der Waals surface area contributed by atoms with Crippen LogP contribution in [-0.2, 0) is 10.0 Å². The van der Waals surface area contributed by atoms with Crippen LogP contribution in [0.1, 0.15) is 5.56 Å². The Bertz CT molecular complexity index is 766. The average Bonchev–Trinajstić information content (AvgIpc) is 2.36. The van der Waals surface area contributed by atoms with Crippen molar-refractivity contribution >= 4 is 54.8 Å². The first kappa shape index (κ1) is 15.6. The van der Waals surface area contributed by atoms with Crippen LogP contribution in [0.2, 0.25) is 10.0 Å². The van der Waals surface area contributed by atoms with Crippen LogP contribution in [0, 0.1) is 6.92 Å². The Hall–Kier alpha value is -0.820. The molecule has 0 aliphatic rings. The summed E-state index contributed by atoms with van der Waals surface area (Å²) in [6, 6.07) is 5.78. The highest BCUT2D eigenvalue weighted by atomic mass is 79.9. The summed E-state index contributed by atoms with van der Waals surface area (Å²) in [4.78, 5) is 4.06. The first-order chi connectivity index (χ1) is 9.29. The molecule has 1 heterocycles. The first-order valence-corrected chi connectivity index (χ1v) is 8.43. The Kier molecular flexibility index (Phi) is 4.59. The number of nitrogens with one attached hydrogen (secondary N) is 1. The van der Waals surface area contributed by atoms with Gasteiger partial charge in [0.1, 0.15) is 4.60 Å². The van der Waals surface area contributed by atoms with Gasteiger partial charge in [-0.25, -0.2) is 13.4 Å². The number of aryl methyl sites for hydroxylation is 1. The molecule has 0 unspecified atom stereocenters. The number of sulfonamides is 1. The Morgan fingerprint density at radius 3 is 2.55 bits per heavy atom. The van der Waals surface area contributed by atoms with Crippen molar-refractivity contribution in [2.45, 2.75) is 11.8 Å². The summed E-state index contributed by atoms with van der Waals surface area (Å²) in [6.45, 7) is 1.82. The van der Waals surface area contributed by atoms with Crippen LogP contribution in [0.15, 0.2) is 40.0 Å². The summed E-state index contributed by atoms with van der Waals surface area (Å²) in [7, 11) is -3.75. The van der Waals surface area contributed by atoms with Crippen molar-refractivity contribution in [2.75, 3.05) is 4.72 Å². The van der Waals surface area contributed by atoms with E-state index in [0.29, 0.717) is 15.3 Å². The van der Waals surface area contributed by atoms with E-state index in [1.807, 2.05) is 6.92 Å². The Balaban J connectivity index is 2.40. The molecule has 1 aromatic carbocycles. The van der Waals surface area contributed by atoms with Crippen molar-refractivity contribution in [3.63, 3.8) is 0 Å². The van der Waals surface area contributed by atoms with Crippen LogP contribution < -0.4 is 4.72 Å². The highest BCUT2D eigenvalue weighted by Crippen LogP contribution is 2.27. The van der Waals surface area contributed by atoms with E-state index in [1.165, 1.54) is 18.2 Å². The van der Waals surface area contributed by atoms with E-state index in [9.17, 15) is 8.42 Å². The number of hydrogen-bond donors (Lipinski definition) is 1. The maximum Gasteiger partial charge on any atom is 0.262 e. The number of pyridine rings is 1. The summed E-state index contributed by atoms with van der Waals surface area (Å²) in [5.41, 5.74) is 1.19. The van der Waals surface area contributed by atoms with Crippen LogP contribution >= 0.6 is 39.1 Å². The Morgan fingerprint density at radius 2 is 1.90 bits per heavy atom. The highest BCUT2D eigenvalue weighted by molar-refractivity contribution is 9.10. The lowest BCUT2D eigenvalue weighted by Crippen LogP contribution is -2.13. The summed E-state index contributed by atoms with van der Waals surface area (Å²) in [5.74, 6) is 0. The number of aromatic nitrogens is 1. The molecular formula is C12H9BrCl2N2O2S. The van der Waals surface area contributed by atoms with Gasteiger partial charge in [0.15, 0.2) is 0 Å². The van der Waals surface area contributed by atoms with Gasteiger partial charge >= 0.3 is 0 Å². The minimum Gasteiger partial charge on any atom is -0.277 e. The van der Waals surface area contributed by atoms with Crippen molar-refractivity contribution in [2.24, 2.45) is 0 Å². The van der Waals surface area contributed by atoms with Crippen molar-refractivity contribution in [3.05, 3.63) is 50.7 Å². The third-order valence-corrected chi connectivity index (χ3v) is 5.16. The number of rotatable bonds is 3. The van der Waals surface area contributed by atoms with Crippen LogP contribution in [0.4, 0.5) is 5.69 Å². The van der Waals surface area contributed by atoms with Gasteiger partial charge in [0.2, 0.25) is 0 Å². The van der Waals surface area contributed by atoms with Gasteiger partial charge in [0.05, 0.1) is 20.6 Å². The van der Waals surface area contributed by atoms with Crippen LogP contribution in [0.3, 0.4) is 0 Å². The fraction of sp³-hybridized carbons (Fsp3) is 0.0833. The molecule has 1 N–H and O–H groups in total. The van der Waals surface area contributed by atoms with E-state index in [-0.39, 0.29) is 9.92 Å². The molecule has 0 fully saturated rings. The zero-order valence-electron chi connectivity index (χ0n) is 10.2. The summed E-state index contributed by atoms with van der Waals surface area (Å²) >= 11 is 14.8. The van der Waals surface area contributed by atoms with Gasteiger partial charge in [-0.1, -0.05) is 23.2 Å². The second-order valence-electron chi connectivity index (χ2n) is 4.03. The molecule has 0 aliphatic carbocycles. The second-order valence-corrected chi connectivity index (χ2v) is 7.28. The minimum absolute atomic E-state index is 0.0281. The average molecular weight is 396 g/mol. The molecule has 0 saturated heterocycles. The number of hydrogen-bond acceptors (Lipinski definition) is 3. The van der Waals surface area contributed by atoms with E-state index in [1.54, 1.807) is 12.3 Å². The quantitative estimate of drug-likeness (QED) is 0.789. The van der Waals surface area contributed by atoms with Crippen molar-refractivity contribution < 1.29 is 8.42 Å². The summed E-state index contributed by atoms with van der Waals surface area (Å²) in [6.07, 6.45) is 1.63. The third kappa shape index (κ3) is 3.44. The Morgan fingerprint density at radius 1 is 1.20 bits per heavy atom. The molecule has 2 aromatic rings. The molecule has 0 spiro atoms. The normalized spacial score (nSPS) is 11.4. The number of benzene rings is 1. The molecule has 8 heteroatoms. The topological polar surface area (TPSA) is 59.1 Å². The molecule has 20 heavy (non-hydrogen) atoms. The lowest BCUT2D eigenvalue weighted by molar-refractivity contribution is 0.601. The molecule has 0 saturated carbocycles. The molecule has 1 aromatic heterocycles. The maximum absolute atomic E-state index is 12.3. The van der Waals surface area contributed by atoms with Crippen molar-refractivity contribution in [1.29, 1.82) is 0 Å². The molecule has 0 amide bonds. The monoisotopic (exact) mass is 394 g/mol. The maximum atomic E-state index is 12.3. The highest BCUT2D eigenvalue weighted by Gasteiger charge is 2.17. The largest absolute Gasteiger partial charge is 0.277 e. The van der Waals surface area contributed by atoms with Crippen LogP contribution in [-0.4, -0.2) is 13.4 Å². The fourth-order valence-corrected chi connectivity index (χ4v) is 3.36. The number of nitrogens with zero attached hydrogens (tertiary/aromatic N) is 1. The smallest absolute Gasteiger partial charge is 0.262 e. The standard InChI is InChI=1S/C12H9BrCl2N2O2S/c1-7-4-11(12(13)16-6-7)17-20(18,19)8-2-3-9(14)10(15)5-8/h2-6,17H,1H3. The zero-order valence-corrected chi connectivity index (χ0v) is 14.1. The minimum atomic E-state index is -3.75. The molecule has 2 rings (SSSR count). The number of halogens is 3. The Labute approximate surface area is 135 Å². The first-order valence-electron chi connectivity index (χ1n) is 5.39. The van der Waals surface area contributed by atoms with Crippen molar-refractivity contribution in [3.8, 4) is 0 Å². The second kappa shape index (κ2) is 5.89. The lowest BCUT2D eigenvalue weighted by atomic mass is 10.3. The van der Waals surface area contributed by atoms with E-state index in [2.05, 4.69) is 25.6 Å². The van der Waals surface area contributed by atoms with E-state index < -0.39 is 10.0 Å². The van der Waals surface area contributed by atoms with E-state index in [4.69, 9.17) is 23.2 Å². The van der Waals surface area contributed by atoms with Gasteiger partial charge in [0.25, 0.3) is 10.0 Å². The van der Waals surface area contributed by atoms with Crippen molar-refractivity contribution in [1.82, 2.24) is 4.98 Å². The molecule has 0 bridgehead atoms. The van der Waals surface area contributed by atoms with E-state index >= 15 is 0 Å². The fourth-order valence-electron chi connectivity index (χ4n) is 1.47. The predicted octanol–water partition coefficient (Wildman–Crippen LogP) is 4.26. The van der Waals surface area contributed by atoms with Gasteiger partial charge in [-0.2, -0.15) is 0 Å².